The van der Waals surface area contributed by atoms with Gasteiger partial charge in [-0.3, -0.25) is 4.79 Å². The molecule has 7 heteroatoms. The van der Waals surface area contributed by atoms with E-state index in [9.17, 15) is 9.18 Å². The number of halogens is 4. The van der Waals surface area contributed by atoms with Gasteiger partial charge in [-0.2, -0.15) is 5.10 Å². The van der Waals surface area contributed by atoms with Crippen molar-refractivity contribution in [1.82, 2.24) is 9.78 Å². The molecule has 0 amide bonds. The van der Waals surface area contributed by atoms with Gasteiger partial charge in [0.05, 0.1) is 17.8 Å². The molecule has 0 N–H and O–H groups in total. The molecule has 1 aromatic carbocycles. The summed E-state index contributed by atoms with van der Waals surface area (Å²) in [5.74, 6) is -0.427. The van der Waals surface area contributed by atoms with Gasteiger partial charge in [0, 0.05) is 10.0 Å². The van der Waals surface area contributed by atoms with Crippen molar-refractivity contribution in [3.8, 4) is 0 Å². The average Bonchev–Trinajstić information content (AvgIpc) is 2.33. The fourth-order valence-corrected chi connectivity index (χ4v) is 1.97. The first-order chi connectivity index (χ1) is 8.49. The molecule has 0 aliphatic rings. The molecule has 0 unspecified atom stereocenters. The van der Waals surface area contributed by atoms with E-state index in [1.807, 2.05) is 0 Å². The molecule has 1 heterocycles. The third-order valence-electron chi connectivity index (χ3n) is 2.28. The molecule has 1 aromatic heterocycles. The van der Waals surface area contributed by atoms with Crippen molar-refractivity contribution >= 4 is 39.1 Å². The Morgan fingerprint density at radius 2 is 2.11 bits per heavy atom. The molecule has 0 saturated carbocycles. The molecule has 0 aliphatic carbocycles. The molecule has 0 aliphatic heterocycles. The summed E-state index contributed by atoms with van der Waals surface area (Å²) in [5, 5.41) is 3.76. The van der Waals surface area contributed by atoms with Crippen LogP contribution in [0.4, 0.5) is 4.39 Å². The van der Waals surface area contributed by atoms with Gasteiger partial charge in [0.2, 0.25) is 0 Å². The predicted octanol–water partition coefficient (Wildman–Crippen LogP) is 3.50. The van der Waals surface area contributed by atoms with Crippen LogP contribution in [0, 0.1) is 5.82 Å². The van der Waals surface area contributed by atoms with E-state index in [2.05, 4.69) is 21.0 Å². The zero-order valence-electron chi connectivity index (χ0n) is 8.83. The first kappa shape index (κ1) is 13.5. The highest BCUT2D eigenvalue weighted by molar-refractivity contribution is 9.10. The largest absolute Gasteiger partial charge is 0.287 e. The lowest BCUT2D eigenvalue weighted by Gasteiger charge is -2.07. The average molecular weight is 352 g/mol. The second-order valence-electron chi connectivity index (χ2n) is 3.51. The smallest absolute Gasteiger partial charge is 0.266 e. The van der Waals surface area contributed by atoms with Gasteiger partial charge in [-0.1, -0.05) is 45.2 Å². The van der Waals surface area contributed by atoms with Crippen LogP contribution >= 0.6 is 39.1 Å². The highest BCUT2D eigenvalue weighted by Crippen LogP contribution is 2.17. The monoisotopic (exact) mass is 350 g/mol. The van der Waals surface area contributed by atoms with Gasteiger partial charge in [-0.15, -0.1) is 0 Å². The molecule has 0 spiro atoms. The summed E-state index contributed by atoms with van der Waals surface area (Å²) < 4.78 is 15.3. The Hall–Kier alpha value is -0.910. The molecule has 0 saturated heterocycles. The Balaban J connectivity index is 2.41. The van der Waals surface area contributed by atoms with Gasteiger partial charge in [-0.25, -0.2) is 9.07 Å². The summed E-state index contributed by atoms with van der Waals surface area (Å²) >= 11 is 14.5. The van der Waals surface area contributed by atoms with Gasteiger partial charge in [-0.05, 0) is 12.1 Å². The number of hydrogen-bond donors (Lipinski definition) is 0. The summed E-state index contributed by atoms with van der Waals surface area (Å²) in [6, 6.07) is 4.56. The Labute approximate surface area is 120 Å². The standard InChI is InChI=1S/C11H6BrCl2FN2O/c12-7-2-1-6(9(15)3-7)5-17-11(18)10(14)8(13)4-16-17/h1-4H,5H2. The number of nitrogens with zero attached hydrogens (tertiary/aromatic N) is 2. The van der Waals surface area contributed by atoms with Gasteiger partial charge < -0.3 is 0 Å². The third-order valence-corrected chi connectivity index (χ3v) is 3.52. The lowest BCUT2D eigenvalue weighted by Crippen LogP contribution is -2.24. The van der Waals surface area contributed by atoms with E-state index < -0.39 is 11.4 Å². The van der Waals surface area contributed by atoms with E-state index in [-0.39, 0.29) is 16.6 Å². The quantitative estimate of drug-likeness (QED) is 0.830. The van der Waals surface area contributed by atoms with Crippen molar-refractivity contribution in [3.63, 3.8) is 0 Å². The molecular formula is C11H6BrCl2FN2O. The number of hydrogen-bond acceptors (Lipinski definition) is 2. The van der Waals surface area contributed by atoms with Gasteiger partial charge in [0.1, 0.15) is 10.8 Å². The van der Waals surface area contributed by atoms with Crippen molar-refractivity contribution in [2.75, 3.05) is 0 Å². The molecule has 94 valence electrons. The Kier molecular flexibility index (Phi) is 4.04. The molecule has 0 atom stereocenters. The number of rotatable bonds is 2. The van der Waals surface area contributed by atoms with Crippen LogP contribution in [-0.4, -0.2) is 9.78 Å². The van der Waals surface area contributed by atoms with E-state index in [4.69, 9.17) is 23.2 Å². The van der Waals surface area contributed by atoms with Crippen LogP contribution < -0.4 is 5.56 Å². The van der Waals surface area contributed by atoms with E-state index in [1.165, 1.54) is 12.3 Å². The Morgan fingerprint density at radius 1 is 1.39 bits per heavy atom. The Morgan fingerprint density at radius 3 is 2.78 bits per heavy atom. The van der Waals surface area contributed by atoms with E-state index in [0.29, 0.717) is 10.0 Å². The summed E-state index contributed by atoms with van der Waals surface area (Å²) in [7, 11) is 0. The van der Waals surface area contributed by atoms with Crippen molar-refractivity contribution in [2.24, 2.45) is 0 Å². The first-order valence-electron chi connectivity index (χ1n) is 4.84. The maximum atomic E-state index is 13.6. The molecule has 18 heavy (non-hydrogen) atoms. The number of aromatic nitrogens is 2. The number of benzene rings is 1. The Bertz CT molecular complexity index is 660. The minimum Gasteiger partial charge on any atom is -0.266 e. The van der Waals surface area contributed by atoms with Gasteiger partial charge >= 0.3 is 0 Å². The van der Waals surface area contributed by atoms with Gasteiger partial charge in [0.25, 0.3) is 5.56 Å². The van der Waals surface area contributed by atoms with Crippen molar-refractivity contribution in [3.05, 3.63) is 60.6 Å². The maximum Gasteiger partial charge on any atom is 0.287 e. The molecule has 0 radical (unpaired) electrons. The van der Waals surface area contributed by atoms with Crippen molar-refractivity contribution in [1.29, 1.82) is 0 Å². The second kappa shape index (κ2) is 5.38. The van der Waals surface area contributed by atoms with Gasteiger partial charge in [0.15, 0.2) is 0 Å². The zero-order valence-corrected chi connectivity index (χ0v) is 11.9. The summed E-state index contributed by atoms with van der Waals surface area (Å²) in [4.78, 5) is 11.7. The minimum absolute atomic E-state index is 0.00512. The topological polar surface area (TPSA) is 34.9 Å². The molecule has 3 nitrogen and oxygen atoms in total. The summed E-state index contributed by atoms with van der Waals surface area (Å²) in [6.07, 6.45) is 1.25. The maximum absolute atomic E-state index is 13.6. The van der Waals surface area contributed by atoms with E-state index in [1.54, 1.807) is 12.1 Å². The van der Waals surface area contributed by atoms with E-state index >= 15 is 0 Å². The predicted molar refractivity (Wildman–Crippen MR) is 71.7 cm³/mol. The molecular weight excluding hydrogens is 346 g/mol. The fraction of sp³-hybridized carbons (Fsp3) is 0.0909. The second-order valence-corrected chi connectivity index (χ2v) is 5.21. The van der Waals surface area contributed by atoms with Crippen molar-refractivity contribution in [2.45, 2.75) is 6.54 Å². The normalized spacial score (nSPS) is 10.7. The van der Waals surface area contributed by atoms with Crippen LogP contribution in [0.3, 0.4) is 0 Å². The highest BCUT2D eigenvalue weighted by atomic mass is 79.9. The van der Waals surface area contributed by atoms with Crippen LogP contribution in [0.5, 0.6) is 0 Å². The van der Waals surface area contributed by atoms with Crippen LogP contribution in [-0.2, 0) is 6.54 Å². The summed E-state index contributed by atoms with van der Waals surface area (Å²) in [5.41, 5.74) is -0.210. The minimum atomic E-state index is -0.550. The van der Waals surface area contributed by atoms with Crippen LogP contribution in [0.1, 0.15) is 5.56 Å². The first-order valence-corrected chi connectivity index (χ1v) is 6.39. The lowest BCUT2D eigenvalue weighted by molar-refractivity contribution is 0.571. The molecule has 0 fully saturated rings. The molecule has 0 bridgehead atoms. The third kappa shape index (κ3) is 2.74. The zero-order chi connectivity index (χ0) is 13.3. The van der Waals surface area contributed by atoms with Crippen LogP contribution in [0.25, 0.3) is 0 Å². The molecule has 2 aromatic rings. The lowest BCUT2D eigenvalue weighted by atomic mass is 10.2. The van der Waals surface area contributed by atoms with Crippen LogP contribution in [0.15, 0.2) is 33.7 Å². The summed E-state index contributed by atoms with van der Waals surface area (Å²) in [6.45, 7) is -0.00512. The van der Waals surface area contributed by atoms with E-state index in [0.717, 1.165) is 4.68 Å². The van der Waals surface area contributed by atoms with Crippen molar-refractivity contribution < 1.29 is 4.39 Å². The molecule has 2 rings (SSSR count). The van der Waals surface area contributed by atoms with Crippen LogP contribution in [0.2, 0.25) is 10.0 Å². The fourth-order valence-electron chi connectivity index (χ4n) is 1.37. The highest BCUT2D eigenvalue weighted by Gasteiger charge is 2.10. The SMILES string of the molecule is O=c1c(Cl)c(Cl)cnn1Cc1ccc(Br)cc1F.